The van der Waals surface area contributed by atoms with Crippen LogP contribution < -0.4 is 4.74 Å². The van der Waals surface area contributed by atoms with Crippen LogP contribution in [0.5, 0.6) is 5.75 Å². The maximum absolute atomic E-state index is 12.8. The van der Waals surface area contributed by atoms with Gasteiger partial charge in [-0.2, -0.15) is 0 Å². The van der Waals surface area contributed by atoms with Gasteiger partial charge in [0.1, 0.15) is 11.6 Å². The van der Waals surface area contributed by atoms with Gasteiger partial charge in [-0.15, -0.1) is 0 Å². The molecule has 0 aliphatic heterocycles. The molecule has 0 fully saturated rings. The molecule has 1 nitrogen and oxygen atoms in total. The molecule has 0 heterocycles. The average molecular weight is 229 g/mol. The summed E-state index contributed by atoms with van der Waals surface area (Å²) in [6.45, 7) is 2.02. The molecule has 0 unspecified atom stereocenters. The van der Waals surface area contributed by atoms with E-state index >= 15 is 0 Å². The van der Waals surface area contributed by atoms with Crippen LogP contribution in [0.15, 0.2) is 48.5 Å². The zero-order valence-corrected chi connectivity index (χ0v) is 9.91. The highest BCUT2D eigenvalue weighted by molar-refractivity contribution is 5.45. The Morgan fingerprint density at radius 3 is 1.82 bits per heavy atom. The second-order valence-electron chi connectivity index (χ2n) is 3.86. The first-order chi connectivity index (χ1) is 8.20. The lowest BCUT2D eigenvalue weighted by Crippen LogP contribution is -1.97. The summed E-state index contributed by atoms with van der Waals surface area (Å²) in [4.78, 5) is 0. The minimum atomic E-state index is -0.212. The number of methoxy groups -OCH3 is 1. The summed E-state index contributed by atoms with van der Waals surface area (Å²) in [6.07, 6.45) is 0. The number of ether oxygens (including phenoxy) is 1. The zero-order chi connectivity index (χ0) is 12.3. The molecule has 87 valence electrons. The summed E-state index contributed by atoms with van der Waals surface area (Å²) in [6, 6.07) is 14.4. The van der Waals surface area contributed by atoms with Crippen molar-refractivity contribution < 1.29 is 9.13 Å². The minimum absolute atomic E-state index is 0.212. The van der Waals surface area contributed by atoms with Crippen molar-refractivity contribution in [3.8, 4) is 5.75 Å². The highest BCUT2D eigenvalue weighted by Crippen LogP contribution is 2.24. The lowest BCUT2D eigenvalue weighted by atomic mass is 9.93. The van der Waals surface area contributed by atoms with Crippen molar-refractivity contribution >= 4 is 0 Å². The van der Waals surface area contributed by atoms with Crippen LogP contribution in [0.3, 0.4) is 0 Å². The molecule has 0 aliphatic rings. The van der Waals surface area contributed by atoms with Gasteiger partial charge in [-0.25, -0.2) is 4.39 Å². The van der Waals surface area contributed by atoms with Crippen LogP contribution in [0.2, 0.25) is 0 Å². The number of halogens is 1. The molecule has 0 atom stereocenters. The molecule has 0 aromatic heterocycles. The van der Waals surface area contributed by atoms with Gasteiger partial charge in [-0.1, -0.05) is 31.2 Å². The van der Waals surface area contributed by atoms with Gasteiger partial charge in [0.2, 0.25) is 0 Å². The Morgan fingerprint density at radius 2 is 1.35 bits per heavy atom. The standard InChI is InChI=1S/C15H14FO/c1-11(12-3-7-14(16)8-4-12)13-5-9-15(17-2)10-6-13/h3-10H,1-2H3. The summed E-state index contributed by atoms with van der Waals surface area (Å²) < 4.78 is 17.9. The largest absolute Gasteiger partial charge is 0.497 e. The van der Waals surface area contributed by atoms with Gasteiger partial charge in [-0.05, 0) is 35.4 Å². The van der Waals surface area contributed by atoms with E-state index in [-0.39, 0.29) is 5.82 Å². The predicted molar refractivity (Wildman–Crippen MR) is 66.5 cm³/mol. The maximum atomic E-state index is 12.8. The topological polar surface area (TPSA) is 9.23 Å². The first-order valence-electron chi connectivity index (χ1n) is 5.44. The van der Waals surface area contributed by atoms with Crippen molar-refractivity contribution in [3.05, 3.63) is 71.4 Å². The molecule has 0 spiro atoms. The van der Waals surface area contributed by atoms with E-state index in [2.05, 4.69) is 0 Å². The quantitative estimate of drug-likeness (QED) is 0.777. The number of benzene rings is 2. The lowest BCUT2D eigenvalue weighted by molar-refractivity contribution is 0.414. The molecule has 0 saturated heterocycles. The summed E-state index contributed by atoms with van der Waals surface area (Å²) >= 11 is 0. The van der Waals surface area contributed by atoms with Crippen LogP contribution in [0.1, 0.15) is 18.1 Å². The molecule has 2 rings (SSSR count). The molecule has 2 heteroatoms. The molecule has 0 N–H and O–H groups in total. The van der Waals surface area contributed by atoms with Crippen molar-refractivity contribution in [3.63, 3.8) is 0 Å². The monoisotopic (exact) mass is 229 g/mol. The average Bonchev–Trinajstić information content (AvgIpc) is 2.39. The van der Waals surface area contributed by atoms with Gasteiger partial charge in [0.15, 0.2) is 0 Å². The number of hydrogen-bond acceptors (Lipinski definition) is 1. The van der Waals surface area contributed by atoms with Crippen LogP contribution in [-0.4, -0.2) is 7.11 Å². The number of hydrogen-bond donors (Lipinski definition) is 0. The second kappa shape index (κ2) is 5.00. The molecule has 2 aromatic carbocycles. The molecule has 17 heavy (non-hydrogen) atoms. The Bertz CT molecular complexity index is 473. The summed E-state index contributed by atoms with van der Waals surface area (Å²) in [5.74, 6) is 1.74. The third-order valence-electron chi connectivity index (χ3n) is 2.80. The molecule has 0 bridgehead atoms. The molecule has 0 aliphatic carbocycles. The van der Waals surface area contributed by atoms with Crippen molar-refractivity contribution in [1.82, 2.24) is 0 Å². The van der Waals surface area contributed by atoms with Gasteiger partial charge < -0.3 is 4.74 Å². The van der Waals surface area contributed by atoms with Crippen molar-refractivity contribution in [2.75, 3.05) is 7.11 Å². The van der Waals surface area contributed by atoms with Crippen LogP contribution in [0.25, 0.3) is 0 Å². The lowest BCUT2D eigenvalue weighted by Gasteiger charge is -2.12. The predicted octanol–water partition coefficient (Wildman–Crippen LogP) is 3.83. The molecule has 2 aromatic rings. The zero-order valence-electron chi connectivity index (χ0n) is 9.91. The molecule has 0 saturated carbocycles. The van der Waals surface area contributed by atoms with E-state index in [1.807, 2.05) is 31.2 Å². The van der Waals surface area contributed by atoms with Crippen molar-refractivity contribution in [2.24, 2.45) is 0 Å². The van der Waals surface area contributed by atoms with Crippen LogP contribution in [-0.2, 0) is 0 Å². The molecule has 1 radical (unpaired) electrons. The van der Waals surface area contributed by atoms with E-state index in [9.17, 15) is 4.39 Å². The maximum Gasteiger partial charge on any atom is 0.123 e. The normalized spacial score (nSPS) is 10.6. The van der Waals surface area contributed by atoms with E-state index in [0.717, 1.165) is 22.8 Å². The Labute approximate surface area is 101 Å². The first-order valence-corrected chi connectivity index (χ1v) is 5.44. The summed E-state index contributed by atoms with van der Waals surface area (Å²) in [5, 5.41) is 0. The highest BCUT2D eigenvalue weighted by atomic mass is 19.1. The Kier molecular flexibility index (Phi) is 3.43. The fourth-order valence-electron chi connectivity index (χ4n) is 1.71. The third kappa shape index (κ3) is 2.64. The third-order valence-corrected chi connectivity index (χ3v) is 2.80. The fourth-order valence-corrected chi connectivity index (χ4v) is 1.71. The van der Waals surface area contributed by atoms with E-state index in [4.69, 9.17) is 4.74 Å². The fraction of sp³-hybridized carbons (Fsp3) is 0.133. The SMILES string of the molecule is COc1ccc([C](C)c2ccc(F)cc2)cc1. The smallest absolute Gasteiger partial charge is 0.123 e. The van der Waals surface area contributed by atoms with E-state index < -0.39 is 0 Å². The molecular weight excluding hydrogens is 215 g/mol. The van der Waals surface area contributed by atoms with E-state index in [1.165, 1.54) is 12.1 Å². The first kappa shape index (κ1) is 11.6. The van der Waals surface area contributed by atoms with Gasteiger partial charge in [0.25, 0.3) is 0 Å². The van der Waals surface area contributed by atoms with Crippen molar-refractivity contribution in [2.45, 2.75) is 6.92 Å². The Balaban J connectivity index is 2.23. The highest BCUT2D eigenvalue weighted by Gasteiger charge is 2.09. The second-order valence-corrected chi connectivity index (χ2v) is 3.86. The van der Waals surface area contributed by atoms with Crippen molar-refractivity contribution in [1.29, 1.82) is 0 Å². The van der Waals surface area contributed by atoms with Gasteiger partial charge >= 0.3 is 0 Å². The van der Waals surface area contributed by atoms with Gasteiger partial charge in [0.05, 0.1) is 7.11 Å². The number of rotatable bonds is 3. The molecule has 0 amide bonds. The van der Waals surface area contributed by atoms with Gasteiger partial charge in [0, 0.05) is 5.92 Å². The van der Waals surface area contributed by atoms with Crippen LogP contribution >= 0.6 is 0 Å². The summed E-state index contributed by atoms with van der Waals surface area (Å²) in [5.41, 5.74) is 2.13. The molecular formula is C15H14FO. The van der Waals surface area contributed by atoms with Crippen LogP contribution in [0, 0.1) is 11.7 Å². The summed E-state index contributed by atoms with van der Waals surface area (Å²) in [7, 11) is 1.64. The minimum Gasteiger partial charge on any atom is -0.497 e. The Morgan fingerprint density at radius 1 is 0.882 bits per heavy atom. The van der Waals surface area contributed by atoms with E-state index in [0.29, 0.717) is 0 Å². The Hall–Kier alpha value is -1.83. The van der Waals surface area contributed by atoms with Gasteiger partial charge in [-0.3, -0.25) is 0 Å². The van der Waals surface area contributed by atoms with Crippen LogP contribution in [0.4, 0.5) is 4.39 Å². The van der Waals surface area contributed by atoms with E-state index in [1.54, 1.807) is 19.2 Å².